The summed E-state index contributed by atoms with van der Waals surface area (Å²) in [4.78, 5) is 18.6. The normalized spacial score (nSPS) is 16.8. The topological polar surface area (TPSA) is 56.7 Å². The van der Waals surface area contributed by atoms with E-state index in [0.29, 0.717) is 6.54 Å². The molecule has 0 aliphatic carbocycles. The molecule has 1 amide bonds. The van der Waals surface area contributed by atoms with Gasteiger partial charge in [-0.3, -0.25) is 9.79 Å². The quantitative estimate of drug-likeness (QED) is 0.389. The highest BCUT2D eigenvalue weighted by atomic mass is 127. The van der Waals surface area contributed by atoms with Crippen LogP contribution in [0.4, 0.5) is 0 Å². The van der Waals surface area contributed by atoms with E-state index in [2.05, 4.69) is 46.5 Å². The predicted octanol–water partition coefficient (Wildman–Crippen LogP) is 2.37. The number of benzene rings is 1. The minimum absolute atomic E-state index is 0. The number of halogens is 1. The van der Waals surface area contributed by atoms with Crippen LogP contribution in [0.3, 0.4) is 0 Å². The predicted molar refractivity (Wildman–Crippen MR) is 118 cm³/mol. The van der Waals surface area contributed by atoms with Crippen LogP contribution in [-0.2, 0) is 11.2 Å². The zero-order chi connectivity index (χ0) is 17.4. The van der Waals surface area contributed by atoms with E-state index in [9.17, 15) is 4.79 Å². The number of nitrogens with zero attached hydrogens (tertiary/aromatic N) is 2. The van der Waals surface area contributed by atoms with Crippen LogP contribution in [0.1, 0.15) is 19.4 Å². The number of thioether (sulfide) groups is 1. The fourth-order valence-electron chi connectivity index (χ4n) is 2.74. The summed E-state index contributed by atoms with van der Waals surface area (Å²) < 4.78 is 0.216. The Hall–Kier alpha value is -0.960. The van der Waals surface area contributed by atoms with Gasteiger partial charge in [0, 0.05) is 37.2 Å². The average molecular weight is 476 g/mol. The van der Waals surface area contributed by atoms with Gasteiger partial charge in [-0.2, -0.15) is 11.8 Å². The summed E-state index contributed by atoms with van der Waals surface area (Å²) in [5.74, 6) is 1.89. The smallest absolute Gasteiger partial charge is 0.239 e. The minimum Gasteiger partial charge on any atom is -0.354 e. The Bertz CT molecular complexity index is 565. The van der Waals surface area contributed by atoms with Gasteiger partial charge in [0.2, 0.25) is 5.91 Å². The van der Waals surface area contributed by atoms with Crippen LogP contribution in [0, 0.1) is 0 Å². The molecular weight excluding hydrogens is 447 g/mol. The molecule has 7 heteroatoms. The summed E-state index contributed by atoms with van der Waals surface area (Å²) >= 11 is 1.98. The molecule has 1 aromatic rings. The van der Waals surface area contributed by atoms with Crippen LogP contribution in [-0.4, -0.2) is 60.5 Å². The highest BCUT2D eigenvalue weighted by Gasteiger charge is 2.28. The zero-order valence-electron chi connectivity index (χ0n) is 15.2. The number of rotatable bonds is 5. The molecule has 0 unspecified atom stereocenters. The third-order valence-corrected chi connectivity index (χ3v) is 5.22. The highest BCUT2D eigenvalue weighted by molar-refractivity contribution is 14.0. The number of hydrogen-bond donors (Lipinski definition) is 2. The fourth-order valence-corrected chi connectivity index (χ4v) is 3.85. The molecule has 1 aliphatic heterocycles. The van der Waals surface area contributed by atoms with Gasteiger partial charge in [-0.1, -0.05) is 30.3 Å². The van der Waals surface area contributed by atoms with E-state index in [0.717, 1.165) is 31.2 Å². The van der Waals surface area contributed by atoms with Crippen LogP contribution in [0.15, 0.2) is 35.3 Å². The number of nitrogens with one attached hydrogen (secondary N) is 2. The van der Waals surface area contributed by atoms with Gasteiger partial charge < -0.3 is 15.5 Å². The SMILES string of the molecule is CN=C(NCC(=O)NCCc1ccccc1)N1CCSC(C)(C)C1.I. The van der Waals surface area contributed by atoms with Crippen molar-refractivity contribution in [3.63, 3.8) is 0 Å². The Morgan fingerprint density at radius 1 is 1.28 bits per heavy atom. The third-order valence-electron chi connectivity index (χ3n) is 3.92. The molecule has 0 saturated carbocycles. The van der Waals surface area contributed by atoms with E-state index in [1.165, 1.54) is 5.56 Å². The summed E-state index contributed by atoms with van der Waals surface area (Å²) in [6, 6.07) is 10.2. The maximum Gasteiger partial charge on any atom is 0.239 e. The molecule has 0 spiro atoms. The first-order chi connectivity index (χ1) is 11.5. The Morgan fingerprint density at radius 2 is 2.00 bits per heavy atom. The van der Waals surface area contributed by atoms with Gasteiger partial charge in [0.1, 0.15) is 0 Å². The fraction of sp³-hybridized carbons (Fsp3) is 0.556. The van der Waals surface area contributed by atoms with E-state index in [1.807, 2.05) is 30.0 Å². The molecular formula is C18H29IN4OS. The van der Waals surface area contributed by atoms with Gasteiger partial charge in [-0.05, 0) is 25.8 Å². The molecule has 0 bridgehead atoms. The number of hydrogen-bond acceptors (Lipinski definition) is 3. The van der Waals surface area contributed by atoms with E-state index in [4.69, 9.17) is 0 Å². The Labute approximate surface area is 172 Å². The maximum atomic E-state index is 12.0. The number of amides is 1. The average Bonchev–Trinajstić information content (AvgIpc) is 2.55. The molecule has 5 nitrogen and oxygen atoms in total. The number of carbonyl (C=O) groups excluding carboxylic acids is 1. The molecule has 1 saturated heterocycles. The highest BCUT2D eigenvalue weighted by Crippen LogP contribution is 2.29. The van der Waals surface area contributed by atoms with E-state index >= 15 is 0 Å². The number of aliphatic imine (C=N–C) groups is 1. The second-order valence-corrected chi connectivity index (χ2v) is 8.32. The summed E-state index contributed by atoms with van der Waals surface area (Å²) in [6.45, 7) is 7.29. The molecule has 140 valence electrons. The lowest BCUT2D eigenvalue weighted by atomic mass is 10.1. The lowest BCUT2D eigenvalue weighted by Gasteiger charge is -2.39. The van der Waals surface area contributed by atoms with Crippen molar-refractivity contribution in [1.29, 1.82) is 0 Å². The molecule has 25 heavy (non-hydrogen) atoms. The van der Waals surface area contributed by atoms with Crippen molar-refractivity contribution in [2.45, 2.75) is 25.0 Å². The standard InChI is InChI=1S/C18H28N4OS.HI/c1-18(2)14-22(11-12-24-18)17(19-3)21-13-16(23)20-10-9-15-7-5-4-6-8-15;/h4-8H,9-14H2,1-3H3,(H,19,21)(H,20,23);1H. The first kappa shape index (κ1) is 22.1. The maximum absolute atomic E-state index is 12.0. The molecule has 1 aliphatic rings. The van der Waals surface area contributed by atoms with Crippen LogP contribution in [0.25, 0.3) is 0 Å². The molecule has 2 rings (SSSR count). The first-order valence-electron chi connectivity index (χ1n) is 8.40. The Morgan fingerprint density at radius 3 is 2.64 bits per heavy atom. The van der Waals surface area contributed by atoms with E-state index in [-0.39, 0.29) is 41.2 Å². The van der Waals surface area contributed by atoms with Crippen LogP contribution in [0.2, 0.25) is 0 Å². The van der Waals surface area contributed by atoms with Crippen molar-refractivity contribution in [2.75, 3.05) is 39.0 Å². The van der Waals surface area contributed by atoms with E-state index in [1.54, 1.807) is 7.05 Å². The van der Waals surface area contributed by atoms with Gasteiger partial charge in [-0.15, -0.1) is 24.0 Å². The Kier molecular flexibility index (Phi) is 9.63. The number of carbonyl (C=O) groups is 1. The van der Waals surface area contributed by atoms with Gasteiger partial charge >= 0.3 is 0 Å². The zero-order valence-corrected chi connectivity index (χ0v) is 18.4. The van der Waals surface area contributed by atoms with Crippen molar-refractivity contribution in [1.82, 2.24) is 15.5 Å². The van der Waals surface area contributed by atoms with Gasteiger partial charge in [0.05, 0.1) is 6.54 Å². The van der Waals surface area contributed by atoms with E-state index < -0.39 is 0 Å². The van der Waals surface area contributed by atoms with Gasteiger partial charge in [0.15, 0.2) is 5.96 Å². The summed E-state index contributed by atoms with van der Waals surface area (Å²) in [7, 11) is 1.77. The van der Waals surface area contributed by atoms with Crippen molar-refractivity contribution in [3.05, 3.63) is 35.9 Å². The molecule has 1 heterocycles. The molecule has 0 radical (unpaired) electrons. The monoisotopic (exact) mass is 476 g/mol. The van der Waals surface area contributed by atoms with Crippen LogP contribution in [0.5, 0.6) is 0 Å². The third kappa shape index (κ3) is 7.85. The first-order valence-corrected chi connectivity index (χ1v) is 9.39. The second kappa shape index (κ2) is 10.9. The molecule has 1 aromatic carbocycles. The van der Waals surface area contributed by atoms with Crippen molar-refractivity contribution in [2.24, 2.45) is 4.99 Å². The van der Waals surface area contributed by atoms with Crippen LogP contribution < -0.4 is 10.6 Å². The Balaban J connectivity index is 0.00000312. The lowest BCUT2D eigenvalue weighted by molar-refractivity contribution is -0.120. The summed E-state index contributed by atoms with van der Waals surface area (Å²) in [5.41, 5.74) is 1.23. The van der Waals surface area contributed by atoms with Crippen molar-refractivity contribution >= 4 is 47.6 Å². The van der Waals surface area contributed by atoms with Gasteiger partial charge in [-0.25, -0.2) is 0 Å². The lowest BCUT2D eigenvalue weighted by Crippen LogP contribution is -2.52. The minimum atomic E-state index is -0.00211. The molecule has 0 atom stereocenters. The van der Waals surface area contributed by atoms with Crippen molar-refractivity contribution < 1.29 is 4.79 Å². The molecule has 1 fully saturated rings. The molecule has 2 N–H and O–H groups in total. The molecule has 0 aromatic heterocycles. The number of guanidine groups is 1. The summed E-state index contributed by atoms with van der Waals surface area (Å²) in [6.07, 6.45) is 0.846. The van der Waals surface area contributed by atoms with Crippen LogP contribution >= 0.6 is 35.7 Å². The van der Waals surface area contributed by atoms with Crippen molar-refractivity contribution in [3.8, 4) is 0 Å². The van der Waals surface area contributed by atoms with Gasteiger partial charge in [0.25, 0.3) is 0 Å². The second-order valence-electron chi connectivity index (χ2n) is 6.52. The summed E-state index contributed by atoms with van der Waals surface area (Å²) in [5, 5.41) is 6.13. The largest absolute Gasteiger partial charge is 0.354 e.